The van der Waals surface area contributed by atoms with E-state index in [1.54, 1.807) is 11.3 Å². The number of carbonyl (C=O) groups is 2. The number of amides is 2. The summed E-state index contributed by atoms with van der Waals surface area (Å²) in [6.07, 6.45) is 3.41. The molecule has 1 N–H and O–H groups in total. The average molecular weight is 397 g/mol. The number of benzene rings is 1. The number of likely N-dealkylation sites (tertiary alicyclic amines) is 1. The van der Waals surface area contributed by atoms with Gasteiger partial charge in [-0.05, 0) is 30.4 Å². The van der Waals surface area contributed by atoms with Crippen LogP contribution in [0.1, 0.15) is 72.2 Å². The van der Waals surface area contributed by atoms with E-state index in [1.165, 1.54) is 10.4 Å². The van der Waals surface area contributed by atoms with Crippen molar-refractivity contribution in [1.82, 2.24) is 10.2 Å². The zero-order chi connectivity index (χ0) is 19.7. The van der Waals surface area contributed by atoms with Crippen molar-refractivity contribution >= 4 is 23.2 Å². The van der Waals surface area contributed by atoms with Gasteiger partial charge in [-0.3, -0.25) is 9.59 Å². The molecule has 0 spiro atoms. The van der Waals surface area contributed by atoms with Crippen molar-refractivity contribution in [1.29, 1.82) is 0 Å². The van der Waals surface area contributed by atoms with Gasteiger partial charge in [-0.2, -0.15) is 0 Å². The van der Waals surface area contributed by atoms with Gasteiger partial charge in [0.05, 0.1) is 17.6 Å². The first-order chi connectivity index (χ1) is 13.5. The first-order valence-corrected chi connectivity index (χ1v) is 11.2. The molecule has 2 aromatic rings. The average Bonchev–Trinajstić information content (AvgIpc) is 3.29. The van der Waals surface area contributed by atoms with Gasteiger partial charge in [-0.1, -0.05) is 50.6 Å². The lowest BCUT2D eigenvalue weighted by Gasteiger charge is -2.31. The van der Waals surface area contributed by atoms with Crippen LogP contribution in [-0.4, -0.2) is 35.3 Å². The van der Waals surface area contributed by atoms with Gasteiger partial charge in [0.2, 0.25) is 5.91 Å². The maximum absolute atomic E-state index is 13.4. The second-order valence-electron chi connectivity index (χ2n) is 8.27. The van der Waals surface area contributed by atoms with E-state index in [9.17, 15) is 9.59 Å². The summed E-state index contributed by atoms with van der Waals surface area (Å²) in [4.78, 5) is 29.0. The summed E-state index contributed by atoms with van der Waals surface area (Å²) in [5.74, 6) is 0.782. The summed E-state index contributed by atoms with van der Waals surface area (Å²) in [6.45, 7) is 4.97. The van der Waals surface area contributed by atoms with Crippen LogP contribution in [0.4, 0.5) is 0 Å². The Morgan fingerprint density at radius 2 is 2.00 bits per heavy atom. The Morgan fingerprint density at radius 1 is 1.21 bits per heavy atom. The molecule has 2 saturated heterocycles. The largest absolute Gasteiger partial charge is 0.351 e. The summed E-state index contributed by atoms with van der Waals surface area (Å²) >= 11 is 1.66. The fourth-order valence-corrected chi connectivity index (χ4v) is 5.43. The van der Waals surface area contributed by atoms with Gasteiger partial charge < -0.3 is 10.2 Å². The summed E-state index contributed by atoms with van der Waals surface area (Å²) < 4.78 is 0. The van der Waals surface area contributed by atoms with Gasteiger partial charge in [0.15, 0.2) is 0 Å². The molecule has 0 bridgehead atoms. The van der Waals surface area contributed by atoms with Crippen molar-refractivity contribution in [3.05, 3.63) is 57.8 Å². The number of thiophene rings is 1. The van der Waals surface area contributed by atoms with Crippen molar-refractivity contribution in [2.45, 2.75) is 63.5 Å². The van der Waals surface area contributed by atoms with E-state index in [2.05, 4.69) is 31.3 Å². The smallest absolute Gasteiger partial charge is 0.255 e. The van der Waals surface area contributed by atoms with Crippen molar-refractivity contribution < 1.29 is 9.59 Å². The van der Waals surface area contributed by atoms with Crippen LogP contribution in [0.15, 0.2) is 41.8 Å². The molecule has 1 aromatic heterocycles. The van der Waals surface area contributed by atoms with E-state index in [4.69, 9.17) is 0 Å². The monoisotopic (exact) mass is 396 g/mol. The molecule has 0 saturated carbocycles. The van der Waals surface area contributed by atoms with E-state index in [1.807, 2.05) is 34.5 Å². The van der Waals surface area contributed by atoms with E-state index < -0.39 is 0 Å². The van der Waals surface area contributed by atoms with Crippen LogP contribution < -0.4 is 5.32 Å². The highest BCUT2D eigenvalue weighted by molar-refractivity contribution is 7.10. The highest BCUT2D eigenvalue weighted by atomic mass is 32.1. The molecule has 2 aliphatic heterocycles. The van der Waals surface area contributed by atoms with Crippen LogP contribution >= 0.6 is 11.3 Å². The first-order valence-electron chi connectivity index (χ1n) is 10.3. The fraction of sp³-hybridized carbons (Fsp3) is 0.478. The molecule has 0 aliphatic carbocycles. The second-order valence-corrected chi connectivity index (χ2v) is 9.22. The van der Waals surface area contributed by atoms with Crippen LogP contribution in [0.5, 0.6) is 0 Å². The van der Waals surface area contributed by atoms with Crippen LogP contribution in [0.3, 0.4) is 0 Å². The third-order valence-corrected chi connectivity index (χ3v) is 7.28. The number of hydrogen-bond donors (Lipinski definition) is 1. The molecule has 0 radical (unpaired) electrons. The summed E-state index contributed by atoms with van der Waals surface area (Å²) in [6, 6.07) is 12.4. The minimum atomic E-state index is -0.0117. The topological polar surface area (TPSA) is 49.4 Å². The molecule has 1 aromatic carbocycles. The Labute approximate surface area is 170 Å². The standard InChI is InChI=1S/C23H28N2O2S/c1-15(2)20-12-17(14-28-20)23(27)25-13-18(16-8-4-3-5-9-16)22-19(25)10-6-7-11-21(26)24-22/h3-5,8-9,12,14-15,18-19,22H,6-7,10-11,13H2,1-2H3,(H,24,26)/t18-,19+,22-/m0/s1. The van der Waals surface area contributed by atoms with Crippen molar-refractivity contribution in [3.63, 3.8) is 0 Å². The Balaban J connectivity index is 1.66. The lowest BCUT2D eigenvalue weighted by molar-refractivity contribution is -0.122. The summed E-state index contributed by atoms with van der Waals surface area (Å²) in [5.41, 5.74) is 1.98. The zero-order valence-corrected chi connectivity index (χ0v) is 17.4. The van der Waals surface area contributed by atoms with Crippen molar-refractivity contribution in [2.75, 3.05) is 6.54 Å². The Bertz CT molecular complexity index is 845. The molecular weight excluding hydrogens is 368 g/mol. The van der Waals surface area contributed by atoms with E-state index in [0.29, 0.717) is 18.9 Å². The number of nitrogens with one attached hydrogen (secondary N) is 1. The molecule has 148 valence electrons. The molecule has 2 aliphatic rings. The molecule has 2 fully saturated rings. The maximum Gasteiger partial charge on any atom is 0.255 e. The van der Waals surface area contributed by atoms with Gasteiger partial charge in [-0.25, -0.2) is 0 Å². The molecule has 4 nitrogen and oxygen atoms in total. The number of hydrogen-bond acceptors (Lipinski definition) is 3. The van der Waals surface area contributed by atoms with Crippen LogP contribution in [0.25, 0.3) is 0 Å². The Kier molecular flexibility index (Phi) is 5.54. The number of rotatable bonds is 3. The third kappa shape index (κ3) is 3.72. The van der Waals surface area contributed by atoms with Crippen molar-refractivity contribution in [3.8, 4) is 0 Å². The minimum absolute atomic E-state index is 0.0117. The third-order valence-electron chi connectivity index (χ3n) is 6.05. The predicted octanol–water partition coefficient (Wildman–Crippen LogP) is 4.54. The van der Waals surface area contributed by atoms with E-state index in [-0.39, 0.29) is 29.8 Å². The van der Waals surface area contributed by atoms with Gasteiger partial charge in [0.1, 0.15) is 0 Å². The zero-order valence-electron chi connectivity index (χ0n) is 16.6. The SMILES string of the molecule is CC(C)c1cc(C(=O)N2C[C@@H](c3ccccc3)[C@@H]3NC(=O)CCCC[C@H]32)cs1. The molecule has 0 unspecified atom stereocenters. The first kappa shape index (κ1) is 19.2. The number of fused-ring (bicyclic) bond motifs is 1. The molecule has 2 amide bonds. The number of nitrogens with zero attached hydrogens (tertiary/aromatic N) is 1. The van der Waals surface area contributed by atoms with Gasteiger partial charge in [-0.15, -0.1) is 11.3 Å². The highest BCUT2D eigenvalue weighted by Crippen LogP contribution is 2.37. The molecule has 5 heteroatoms. The second kappa shape index (κ2) is 8.08. The van der Waals surface area contributed by atoms with Crippen molar-refractivity contribution in [2.24, 2.45) is 0 Å². The molecule has 4 rings (SSSR count). The van der Waals surface area contributed by atoms with E-state index in [0.717, 1.165) is 24.8 Å². The Morgan fingerprint density at radius 3 is 2.71 bits per heavy atom. The maximum atomic E-state index is 13.4. The normalized spacial score (nSPS) is 25.2. The summed E-state index contributed by atoms with van der Waals surface area (Å²) in [7, 11) is 0. The van der Waals surface area contributed by atoms with Crippen LogP contribution in [0.2, 0.25) is 0 Å². The fourth-order valence-electron chi connectivity index (χ4n) is 4.53. The molecule has 3 atom stereocenters. The lowest BCUT2D eigenvalue weighted by atomic mass is 9.88. The quantitative estimate of drug-likeness (QED) is 0.828. The lowest BCUT2D eigenvalue weighted by Crippen LogP contribution is -2.48. The molecular formula is C23H28N2O2S. The molecule has 28 heavy (non-hydrogen) atoms. The van der Waals surface area contributed by atoms with Gasteiger partial charge >= 0.3 is 0 Å². The van der Waals surface area contributed by atoms with Crippen LogP contribution in [0, 0.1) is 0 Å². The molecule has 3 heterocycles. The minimum Gasteiger partial charge on any atom is -0.351 e. The van der Waals surface area contributed by atoms with Gasteiger partial charge in [0, 0.05) is 29.1 Å². The number of carbonyl (C=O) groups excluding carboxylic acids is 2. The predicted molar refractivity (Wildman–Crippen MR) is 113 cm³/mol. The van der Waals surface area contributed by atoms with Gasteiger partial charge in [0.25, 0.3) is 5.91 Å². The van der Waals surface area contributed by atoms with E-state index >= 15 is 0 Å². The Hall–Kier alpha value is -2.14. The van der Waals surface area contributed by atoms with Crippen LogP contribution in [-0.2, 0) is 4.79 Å². The highest BCUT2D eigenvalue weighted by Gasteiger charge is 2.45. The summed E-state index contributed by atoms with van der Waals surface area (Å²) in [5, 5.41) is 5.25.